The molecule has 30 heavy (non-hydrogen) atoms. The van der Waals surface area contributed by atoms with Gasteiger partial charge in [0.1, 0.15) is 23.7 Å². The van der Waals surface area contributed by atoms with Crippen LogP contribution >= 0.6 is 11.6 Å². The van der Waals surface area contributed by atoms with Crippen molar-refractivity contribution in [2.24, 2.45) is 0 Å². The molecule has 0 aliphatic carbocycles. The van der Waals surface area contributed by atoms with Crippen molar-refractivity contribution in [3.05, 3.63) is 64.4 Å². The van der Waals surface area contributed by atoms with Crippen molar-refractivity contribution in [1.29, 1.82) is 0 Å². The van der Waals surface area contributed by atoms with Crippen molar-refractivity contribution in [3.8, 4) is 5.75 Å². The molecule has 0 aliphatic heterocycles. The zero-order valence-corrected chi connectivity index (χ0v) is 17.2. The molecule has 0 saturated heterocycles. The van der Waals surface area contributed by atoms with Crippen molar-refractivity contribution < 1.29 is 28.6 Å². The number of halogens is 2. The topological polar surface area (TPSA) is 105 Å². The number of ether oxygens (including phenoxy) is 1. The molecule has 3 N–H and O–H groups in total. The van der Waals surface area contributed by atoms with Gasteiger partial charge in [0.25, 0.3) is 0 Å². The molecule has 2 aromatic rings. The lowest BCUT2D eigenvalue weighted by molar-refractivity contribution is -0.142. The van der Waals surface area contributed by atoms with Gasteiger partial charge in [-0.3, -0.25) is 9.59 Å². The molecule has 0 aliphatic rings. The lowest BCUT2D eigenvalue weighted by atomic mass is 10.0. The van der Waals surface area contributed by atoms with Crippen LogP contribution in [-0.2, 0) is 27.2 Å². The van der Waals surface area contributed by atoms with E-state index in [1.807, 2.05) is 0 Å². The second-order valence-electron chi connectivity index (χ2n) is 6.66. The molecule has 2 aromatic carbocycles. The Morgan fingerprint density at radius 1 is 1.07 bits per heavy atom. The maximum atomic E-state index is 13.4. The Bertz CT molecular complexity index is 937. The Morgan fingerprint density at radius 3 is 2.30 bits per heavy atom. The summed E-state index contributed by atoms with van der Waals surface area (Å²) in [4.78, 5) is 35.9. The fraction of sp³-hybridized carbons (Fsp3) is 0.286. The first kappa shape index (κ1) is 23.2. The van der Waals surface area contributed by atoms with Gasteiger partial charge in [0.05, 0.1) is 12.1 Å². The third kappa shape index (κ3) is 6.73. The van der Waals surface area contributed by atoms with Crippen LogP contribution < -0.4 is 15.4 Å². The molecule has 2 rings (SSSR count). The van der Waals surface area contributed by atoms with Gasteiger partial charge in [-0.05, 0) is 35.4 Å². The highest BCUT2D eigenvalue weighted by Crippen LogP contribution is 2.25. The fourth-order valence-corrected chi connectivity index (χ4v) is 3.18. The van der Waals surface area contributed by atoms with Gasteiger partial charge in [-0.1, -0.05) is 29.8 Å². The third-order valence-corrected chi connectivity index (χ3v) is 4.59. The summed E-state index contributed by atoms with van der Waals surface area (Å²) in [6.07, 6.45) is -0.0264. The van der Waals surface area contributed by atoms with Gasteiger partial charge in [0.2, 0.25) is 11.8 Å². The molecule has 160 valence electrons. The zero-order chi connectivity index (χ0) is 22.3. The lowest BCUT2D eigenvalue weighted by Gasteiger charge is -2.21. The van der Waals surface area contributed by atoms with E-state index in [0.29, 0.717) is 21.9 Å². The highest BCUT2D eigenvalue weighted by molar-refractivity contribution is 6.32. The number of amides is 2. The average molecular weight is 437 g/mol. The van der Waals surface area contributed by atoms with Crippen LogP contribution in [0.3, 0.4) is 0 Å². The molecule has 2 atom stereocenters. The molecular formula is C21H22ClFN2O5. The minimum Gasteiger partial charge on any atom is -0.495 e. The molecule has 0 aromatic heterocycles. The van der Waals surface area contributed by atoms with Crippen LogP contribution in [0.4, 0.5) is 4.39 Å². The maximum Gasteiger partial charge on any atom is 0.326 e. The molecule has 0 spiro atoms. The Labute approximate surface area is 178 Å². The van der Waals surface area contributed by atoms with E-state index in [4.69, 9.17) is 16.3 Å². The third-order valence-electron chi connectivity index (χ3n) is 4.29. The number of nitrogens with one attached hydrogen (secondary N) is 2. The van der Waals surface area contributed by atoms with E-state index in [2.05, 4.69) is 10.6 Å². The van der Waals surface area contributed by atoms with Crippen LogP contribution in [0, 0.1) is 5.82 Å². The molecule has 2 amide bonds. The number of carbonyl (C=O) groups excluding carboxylic acids is 2. The molecule has 0 saturated carbocycles. The van der Waals surface area contributed by atoms with E-state index >= 15 is 0 Å². The number of hydrogen-bond donors (Lipinski definition) is 3. The Hall–Kier alpha value is -3.13. The SMILES string of the molecule is COc1ccc(C[C@H](NC(=O)[C@H](Cc2cccc(F)c2)NC(C)=O)C(=O)O)cc1Cl. The number of aliphatic carboxylic acids is 1. The number of rotatable bonds is 9. The average Bonchev–Trinajstić information content (AvgIpc) is 2.66. The summed E-state index contributed by atoms with van der Waals surface area (Å²) in [6.45, 7) is 1.24. The number of carboxylic acids is 1. The van der Waals surface area contributed by atoms with Gasteiger partial charge in [0.15, 0.2) is 0 Å². The first-order chi connectivity index (χ1) is 14.2. The predicted molar refractivity (Wildman–Crippen MR) is 109 cm³/mol. The molecule has 0 heterocycles. The summed E-state index contributed by atoms with van der Waals surface area (Å²) >= 11 is 6.07. The number of carboxylic acid groups (broad SMARTS) is 1. The zero-order valence-electron chi connectivity index (χ0n) is 16.4. The molecule has 0 unspecified atom stereocenters. The van der Waals surface area contributed by atoms with E-state index in [9.17, 15) is 23.9 Å². The molecule has 9 heteroatoms. The minimum atomic E-state index is -1.26. The number of methoxy groups -OCH3 is 1. The van der Waals surface area contributed by atoms with Crippen molar-refractivity contribution in [3.63, 3.8) is 0 Å². The molecule has 0 fully saturated rings. The van der Waals surface area contributed by atoms with Crippen molar-refractivity contribution in [2.45, 2.75) is 31.8 Å². The van der Waals surface area contributed by atoms with Crippen LogP contribution in [0.1, 0.15) is 18.1 Å². The van der Waals surface area contributed by atoms with E-state index in [1.54, 1.807) is 24.3 Å². The van der Waals surface area contributed by atoms with Crippen LogP contribution in [0.15, 0.2) is 42.5 Å². The Balaban J connectivity index is 2.15. The monoisotopic (exact) mass is 436 g/mol. The summed E-state index contributed by atoms with van der Waals surface area (Å²) in [5.41, 5.74) is 1.06. The largest absolute Gasteiger partial charge is 0.495 e. The van der Waals surface area contributed by atoms with E-state index in [-0.39, 0.29) is 12.8 Å². The summed E-state index contributed by atoms with van der Waals surface area (Å²) in [5, 5.41) is 14.8. The van der Waals surface area contributed by atoms with Gasteiger partial charge in [-0.2, -0.15) is 0 Å². The van der Waals surface area contributed by atoms with Crippen molar-refractivity contribution in [2.75, 3.05) is 7.11 Å². The number of carbonyl (C=O) groups is 3. The van der Waals surface area contributed by atoms with E-state index in [0.717, 1.165) is 0 Å². The lowest BCUT2D eigenvalue weighted by Crippen LogP contribution is -2.52. The molecule has 0 radical (unpaired) electrons. The maximum absolute atomic E-state index is 13.4. The normalized spacial score (nSPS) is 12.5. The van der Waals surface area contributed by atoms with Gasteiger partial charge in [-0.25, -0.2) is 9.18 Å². The van der Waals surface area contributed by atoms with Crippen LogP contribution in [-0.4, -0.2) is 42.1 Å². The predicted octanol–water partition coefficient (Wildman–Crippen LogP) is 2.35. The van der Waals surface area contributed by atoms with Crippen molar-refractivity contribution in [1.82, 2.24) is 10.6 Å². The summed E-state index contributed by atoms with van der Waals surface area (Å²) < 4.78 is 18.5. The Morgan fingerprint density at radius 2 is 1.73 bits per heavy atom. The first-order valence-corrected chi connectivity index (χ1v) is 9.44. The van der Waals surface area contributed by atoms with Crippen LogP contribution in [0.5, 0.6) is 5.75 Å². The summed E-state index contributed by atoms with van der Waals surface area (Å²) in [7, 11) is 1.46. The van der Waals surface area contributed by atoms with Gasteiger partial charge in [0, 0.05) is 19.8 Å². The minimum absolute atomic E-state index is 0.00385. The first-order valence-electron chi connectivity index (χ1n) is 9.06. The Kier molecular flexibility index (Phi) is 8.17. The van der Waals surface area contributed by atoms with Gasteiger partial charge in [-0.15, -0.1) is 0 Å². The highest BCUT2D eigenvalue weighted by atomic mass is 35.5. The highest BCUT2D eigenvalue weighted by Gasteiger charge is 2.26. The second kappa shape index (κ2) is 10.6. The number of hydrogen-bond acceptors (Lipinski definition) is 4. The summed E-state index contributed by atoms with van der Waals surface area (Å²) in [6, 6.07) is 8.08. The summed E-state index contributed by atoms with van der Waals surface area (Å²) in [5.74, 6) is -2.45. The van der Waals surface area contributed by atoms with Crippen LogP contribution in [0.25, 0.3) is 0 Å². The van der Waals surface area contributed by atoms with Gasteiger partial charge < -0.3 is 20.5 Å². The van der Waals surface area contributed by atoms with E-state index in [1.165, 1.54) is 32.2 Å². The van der Waals surface area contributed by atoms with Gasteiger partial charge >= 0.3 is 5.97 Å². The quantitative estimate of drug-likeness (QED) is 0.559. The number of benzene rings is 2. The fourth-order valence-electron chi connectivity index (χ4n) is 2.90. The van der Waals surface area contributed by atoms with Crippen molar-refractivity contribution >= 4 is 29.4 Å². The smallest absolute Gasteiger partial charge is 0.326 e. The van der Waals surface area contributed by atoms with Crippen LogP contribution in [0.2, 0.25) is 5.02 Å². The standard InChI is InChI=1S/C21H22ClFN2O5/c1-12(26)24-17(10-13-4-3-5-15(23)8-13)20(27)25-18(21(28)29)11-14-6-7-19(30-2)16(22)9-14/h3-9,17-18H,10-11H2,1-2H3,(H,24,26)(H,25,27)(H,28,29)/t17-,18-/m0/s1. The van der Waals surface area contributed by atoms with E-state index < -0.39 is 35.7 Å². The second-order valence-corrected chi connectivity index (χ2v) is 7.07. The molecule has 0 bridgehead atoms. The molecule has 7 nitrogen and oxygen atoms in total. The molecular weight excluding hydrogens is 415 g/mol.